The molecule has 2 aliphatic rings. The van der Waals surface area contributed by atoms with Crippen LogP contribution in [0.3, 0.4) is 0 Å². The van der Waals surface area contributed by atoms with Crippen molar-refractivity contribution in [1.29, 1.82) is 0 Å². The molecule has 7 heteroatoms. The van der Waals surface area contributed by atoms with Crippen molar-refractivity contribution >= 4 is 27.5 Å². The molecule has 2 fully saturated rings. The lowest BCUT2D eigenvalue weighted by Crippen LogP contribution is -2.35. The van der Waals surface area contributed by atoms with Crippen molar-refractivity contribution in [1.82, 2.24) is 9.62 Å². The van der Waals surface area contributed by atoms with E-state index in [0.717, 1.165) is 38.5 Å². The van der Waals surface area contributed by atoms with E-state index >= 15 is 0 Å². The molecule has 25 heavy (non-hydrogen) atoms. The Morgan fingerprint density at radius 2 is 1.84 bits per heavy atom. The maximum atomic E-state index is 13.0. The van der Waals surface area contributed by atoms with Gasteiger partial charge in [-0.15, -0.1) is 0 Å². The molecule has 1 aromatic carbocycles. The Morgan fingerprint density at radius 1 is 1.20 bits per heavy atom. The minimum absolute atomic E-state index is 0.0304. The Morgan fingerprint density at radius 3 is 2.44 bits per heavy atom. The van der Waals surface area contributed by atoms with Crippen molar-refractivity contribution < 1.29 is 13.2 Å². The second kappa shape index (κ2) is 7.64. The molecule has 1 N–H and O–H groups in total. The van der Waals surface area contributed by atoms with Crippen LogP contribution in [0, 0.1) is 5.92 Å². The Hall–Kier alpha value is -1.11. The van der Waals surface area contributed by atoms with Crippen molar-refractivity contribution in [3.05, 3.63) is 28.8 Å². The SMILES string of the molecule is C[C@H](NC(=O)c1ccc(Cl)c(S(=O)(=O)N2CCCCCC2)c1)C1CC1. The molecule has 0 unspecified atom stereocenters. The van der Waals surface area contributed by atoms with E-state index in [9.17, 15) is 13.2 Å². The van der Waals surface area contributed by atoms with E-state index in [1.807, 2.05) is 6.92 Å². The molecule has 0 radical (unpaired) electrons. The molecular weight excluding hydrogens is 360 g/mol. The smallest absolute Gasteiger partial charge is 0.251 e. The highest BCUT2D eigenvalue weighted by molar-refractivity contribution is 7.89. The molecule has 0 spiro atoms. The van der Waals surface area contributed by atoms with Gasteiger partial charge in [-0.1, -0.05) is 24.4 Å². The highest BCUT2D eigenvalue weighted by Gasteiger charge is 2.31. The van der Waals surface area contributed by atoms with Crippen LogP contribution in [0.5, 0.6) is 0 Å². The first kappa shape index (κ1) is 18.7. The molecule has 138 valence electrons. The van der Waals surface area contributed by atoms with E-state index in [-0.39, 0.29) is 21.9 Å². The lowest BCUT2D eigenvalue weighted by atomic mass is 10.1. The van der Waals surface area contributed by atoms with Crippen LogP contribution in [0.25, 0.3) is 0 Å². The quantitative estimate of drug-likeness (QED) is 0.845. The zero-order valence-corrected chi connectivity index (χ0v) is 16.1. The van der Waals surface area contributed by atoms with Crippen LogP contribution in [0.1, 0.15) is 55.8 Å². The summed E-state index contributed by atoms with van der Waals surface area (Å²) in [6.07, 6.45) is 6.07. The number of sulfonamides is 1. The molecule has 1 saturated heterocycles. The maximum Gasteiger partial charge on any atom is 0.251 e. The molecule has 5 nitrogen and oxygen atoms in total. The van der Waals surface area contributed by atoms with Crippen molar-refractivity contribution in [2.75, 3.05) is 13.1 Å². The minimum atomic E-state index is -3.68. The number of amides is 1. The number of halogens is 1. The van der Waals surface area contributed by atoms with Crippen LogP contribution >= 0.6 is 11.6 Å². The highest BCUT2D eigenvalue weighted by Crippen LogP contribution is 2.32. The van der Waals surface area contributed by atoms with Gasteiger partial charge in [-0.25, -0.2) is 8.42 Å². The second-order valence-electron chi connectivity index (χ2n) is 7.06. The second-order valence-corrected chi connectivity index (χ2v) is 9.38. The topological polar surface area (TPSA) is 66.5 Å². The Kier molecular flexibility index (Phi) is 5.71. The highest BCUT2D eigenvalue weighted by atomic mass is 35.5. The largest absolute Gasteiger partial charge is 0.349 e. The first-order chi connectivity index (χ1) is 11.9. The third-order valence-electron chi connectivity index (χ3n) is 5.06. The monoisotopic (exact) mass is 384 g/mol. The predicted octanol–water partition coefficient (Wildman–Crippen LogP) is 3.43. The Balaban J connectivity index is 1.83. The fourth-order valence-electron chi connectivity index (χ4n) is 3.27. The third kappa shape index (κ3) is 4.36. The average Bonchev–Trinajstić information content (AvgIpc) is 3.41. The van der Waals surface area contributed by atoms with Crippen LogP contribution in [0.15, 0.2) is 23.1 Å². The molecule has 1 heterocycles. The molecule has 0 aromatic heterocycles. The number of hydrogen-bond acceptors (Lipinski definition) is 3. The van der Waals surface area contributed by atoms with Crippen molar-refractivity contribution in [3.8, 4) is 0 Å². The number of nitrogens with zero attached hydrogens (tertiary/aromatic N) is 1. The van der Waals surface area contributed by atoms with Gasteiger partial charge in [-0.2, -0.15) is 4.31 Å². The van der Waals surface area contributed by atoms with E-state index in [1.165, 1.54) is 16.4 Å². The standard InChI is InChI=1S/C18H25ClN2O3S/c1-13(14-6-7-14)20-18(22)15-8-9-16(19)17(12-15)25(23,24)21-10-4-2-3-5-11-21/h8-9,12-14H,2-7,10-11H2,1H3,(H,20,22)/t13-/m0/s1. The number of carbonyl (C=O) groups is 1. The number of benzene rings is 1. The minimum Gasteiger partial charge on any atom is -0.349 e. The summed E-state index contributed by atoms with van der Waals surface area (Å²) in [6.45, 7) is 3.00. The number of hydrogen-bond donors (Lipinski definition) is 1. The average molecular weight is 385 g/mol. The van der Waals surface area contributed by atoms with Gasteiger partial charge >= 0.3 is 0 Å². The Labute approximate surface area is 154 Å². The normalized spacial score (nSPS) is 20.7. The van der Waals surface area contributed by atoms with E-state index in [2.05, 4.69) is 5.32 Å². The van der Waals surface area contributed by atoms with Gasteiger partial charge in [0.25, 0.3) is 5.91 Å². The van der Waals surface area contributed by atoms with Crippen LogP contribution in [-0.2, 0) is 10.0 Å². The van der Waals surface area contributed by atoms with Crippen LogP contribution in [0.2, 0.25) is 5.02 Å². The fraction of sp³-hybridized carbons (Fsp3) is 0.611. The van der Waals surface area contributed by atoms with E-state index in [0.29, 0.717) is 24.6 Å². The van der Waals surface area contributed by atoms with Gasteiger partial charge in [0.15, 0.2) is 0 Å². The number of carbonyl (C=O) groups excluding carboxylic acids is 1. The van der Waals surface area contributed by atoms with Gasteiger partial charge in [-0.05, 0) is 56.7 Å². The van der Waals surface area contributed by atoms with Crippen molar-refractivity contribution in [2.45, 2.75) is 56.4 Å². The first-order valence-corrected chi connectivity index (χ1v) is 10.8. The molecular formula is C18H25ClN2O3S. The zero-order valence-electron chi connectivity index (χ0n) is 14.5. The summed E-state index contributed by atoms with van der Waals surface area (Å²) in [7, 11) is -3.68. The van der Waals surface area contributed by atoms with E-state index < -0.39 is 10.0 Å². The summed E-state index contributed by atoms with van der Waals surface area (Å²) in [5.41, 5.74) is 0.338. The summed E-state index contributed by atoms with van der Waals surface area (Å²) >= 11 is 6.17. The summed E-state index contributed by atoms with van der Waals surface area (Å²) in [5, 5.41) is 3.12. The predicted molar refractivity (Wildman–Crippen MR) is 98.3 cm³/mol. The van der Waals surface area contributed by atoms with Gasteiger partial charge in [0.1, 0.15) is 4.90 Å². The lowest BCUT2D eigenvalue weighted by molar-refractivity contribution is 0.0935. The van der Waals surface area contributed by atoms with Gasteiger partial charge in [0.05, 0.1) is 5.02 Å². The maximum absolute atomic E-state index is 13.0. The summed E-state index contributed by atoms with van der Waals surface area (Å²) in [6, 6.07) is 4.60. The molecule has 3 rings (SSSR count). The molecule has 1 aliphatic heterocycles. The molecule has 1 aromatic rings. The molecule has 1 amide bonds. The van der Waals surface area contributed by atoms with Gasteiger partial charge in [0, 0.05) is 24.7 Å². The van der Waals surface area contributed by atoms with E-state index in [4.69, 9.17) is 11.6 Å². The number of rotatable bonds is 5. The van der Waals surface area contributed by atoms with Gasteiger partial charge in [-0.3, -0.25) is 4.79 Å². The first-order valence-electron chi connectivity index (χ1n) is 9.00. The van der Waals surface area contributed by atoms with Gasteiger partial charge < -0.3 is 5.32 Å². The van der Waals surface area contributed by atoms with Crippen LogP contribution < -0.4 is 5.32 Å². The Bertz CT molecular complexity index is 739. The zero-order chi connectivity index (χ0) is 18.0. The van der Waals surface area contributed by atoms with Crippen LogP contribution in [-0.4, -0.2) is 37.8 Å². The molecule has 1 atom stereocenters. The van der Waals surface area contributed by atoms with Crippen LogP contribution in [0.4, 0.5) is 0 Å². The van der Waals surface area contributed by atoms with Gasteiger partial charge in [0.2, 0.25) is 10.0 Å². The van der Waals surface area contributed by atoms with E-state index in [1.54, 1.807) is 6.07 Å². The molecule has 1 aliphatic carbocycles. The fourth-order valence-corrected chi connectivity index (χ4v) is 5.29. The molecule has 1 saturated carbocycles. The lowest BCUT2D eigenvalue weighted by Gasteiger charge is -2.21. The molecule has 0 bridgehead atoms. The van der Waals surface area contributed by atoms with Crippen molar-refractivity contribution in [2.24, 2.45) is 5.92 Å². The summed E-state index contributed by atoms with van der Waals surface area (Å²) < 4.78 is 27.5. The number of nitrogens with one attached hydrogen (secondary N) is 1. The third-order valence-corrected chi connectivity index (χ3v) is 7.44. The summed E-state index contributed by atoms with van der Waals surface area (Å²) in [5.74, 6) is 0.292. The summed E-state index contributed by atoms with van der Waals surface area (Å²) in [4.78, 5) is 12.5. The van der Waals surface area contributed by atoms with Crippen molar-refractivity contribution in [3.63, 3.8) is 0 Å².